The second-order valence-electron chi connectivity index (χ2n) is 16.7. The van der Waals surface area contributed by atoms with Gasteiger partial charge in [-0.2, -0.15) is 13.2 Å². The molecule has 6 heteroatoms. The quantitative estimate of drug-likeness (QED) is 0.171. The minimum Gasteiger partial charge on any atom is -0.311 e. The van der Waals surface area contributed by atoms with Crippen molar-refractivity contribution in [3.8, 4) is 0 Å². The van der Waals surface area contributed by atoms with Gasteiger partial charge in [-0.1, -0.05) is 117 Å². The minimum absolute atomic E-state index is 0.0592. The van der Waals surface area contributed by atoms with Crippen molar-refractivity contribution in [3.05, 3.63) is 125 Å². The highest BCUT2D eigenvalue weighted by Crippen LogP contribution is 2.47. The summed E-state index contributed by atoms with van der Waals surface area (Å²) in [4.78, 5) is 4.08. The first-order valence-electron chi connectivity index (χ1n) is 17.1. The molecular weight excluding hydrogens is 612 g/mol. The zero-order valence-corrected chi connectivity index (χ0v) is 29.9. The Labute approximate surface area is 289 Å². The summed E-state index contributed by atoms with van der Waals surface area (Å²) in [5.41, 5.74) is 10.2. The van der Waals surface area contributed by atoms with E-state index in [1.54, 1.807) is 0 Å². The summed E-state index contributed by atoms with van der Waals surface area (Å²) in [5.74, 6) is 0. The fraction of sp³-hybridized carbons (Fsp3) is 0.302. The number of halogens is 3. The second-order valence-corrected chi connectivity index (χ2v) is 16.7. The molecule has 2 nitrogen and oxygen atoms in total. The third-order valence-electron chi connectivity index (χ3n) is 10.2. The van der Waals surface area contributed by atoms with Gasteiger partial charge >= 0.3 is 6.18 Å². The molecule has 2 heterocycles. The molecule has 0 bridgehead atoms. The number of hydrogen-bond donors (Lipinski definition) is 0. The van der Waals surface area contributed by atoms with Gasteiger partial charge in [-0.05, 0) is 97.9 Å². The molecule has 0 saturated heterocycles. The van der Waals surface area contributed by atoms with Gasteiger partial charge in [0.05, 0.1) is 5.56 Å². The molecule has 0 unspecified atom stereocenters. The zero-order valence-electron chi connectivity index (χ0n) is 29.9. The Bertz CT molecular complexity index is 2040. The van der Waals surface area contributed by atoms with Crippen LogP contribution in [-0.2, 0) is 22.4 Å². The van der Waals surface area contributed by atoms with Crippen molar-refractivity contribution >= 4 is 57.2 Å². The number of alkyl halides is 3. The smallest absolute Gasteiger partial charge is 0.311 e. The summed E-state index contributed by atoms with van der Waals surface area (Å²) in [6.45, 7) is 19.3. The molecule has 0 atom stereocenters. The predicted molar refractivity (Wildman–Crippen MR) is 202 cm³/mol. The molecule has 0 fully saturated rings. The van der Waals surface area contributed by atoms with E-state index < -0.39 is 11.7 Å². The lowest BCUT2D eigenvalue weighted by atomic mass is 9.33. The van der Waals surface area contributed by atoms with Gasteiger partial charge in [-0.3, -0.25) is 0 Å². The van der Waals surface area contributed by atoms with E-state index in [9.17, 15) is 13.2 Å². The Morgan fingerprint density at radius 3 is 1.31 bits per heavy atom. The first kappa shape index (κ1) is 33.1. The van der Waals surface area contributed by atoms with E-state index in [2.05, 4.69) is 123 Å². The molecule has 5 aromatic rings. The predicted octanol–water partition coefficient (Wildman–Crippen LogP) is 10.7. The van der Waals surface area contributed by atoms with Crippen LogP contribution in [0.25, 0.3) is 0 Å². The lowest BCUT2D eigenvalue weighted by Gasteiger charge is -2.45. The Morgan fingerprint density at radius 1 is 0.429 bits per heavy atom. The van der Waals surface area contributed by atoms with Crippen LogP contribution in [0.2, 0.25) is 0 Å². The maximum absolute atomic E-state index is 15.0. The summed E-state index contributed by atoms with van der Waals surface area (Å²) >= 11 is 0. The van der Waals surface area contributed by atoms with Crippen molar-refractivity contribution < 1.29 is 13.2 Å². The van der Waals surface area contributed by atoms with Crippen molar-refractivity contribution in [2.75, 3.05) is 9.80 Å². The van der Waals surface area contributed by atoms with Gasteiger partial charge in [-0.15, -0.1) is 0 Å². The van der Waals surface area contributed by atoms with E-state index in [-0.39, 0.29) is 23.0 Å². The van der Waals surface area contributed by atoms with E-state index >= 15 is 0 Å². The molecule has 49 heavy (non-hydrogen) atoms. The third-order valence-corrected chi connectivity index (χ3v) is 10.2. The topological polar surface area (TPSA) is 6.48 Å². The van der Waals surface area contributed by atoms with Crippen LogP contribution in [0.4, 0.5) is 47.3 Å². The van der Waals surface area contributed by atoms with Crippen LogP contribution in [0.15, 0.2) is 103 Å². The molecule has 0 N–H and O–H groups in total. The number of fused-ring (bicyclic) bond motifs is 4. The van der Waals surface area contributed by atoms with Crippen LogP contribution in [-0.4, -0.2) is 6.71 Å². The van der Waals surface area contributed by atoms with Gasteiger partial charge in [0.1, 0.15) is 0 Å². The van der Waals surface area contributed by atoms with Crippen molar-refractivity contribution in [2.45, 2.75) is 84.7 Å². The van der Waals surface area contributed by atoms with Gasteiger partial charge in [0, 0.05) is 34.1 Å². The maximum Gasteiger partial charge on any atom is 0.416 e. The lowest BCUT2D eigenvalue weighted by molar-refractivity contribution is -0.137. The van der Waals surface area contributed by atoms with E-state index in [1.807, 2.05) is 40.1 Å². The van der Waals surface area contributed by atoms with E-state index in [4.69, 9.17) is 0 Å². The SMILES string of the molecule is CC(C)(C)c1ccc(N2c3ccccc3B3c4cc(C(C)(C)C)ccc4N(c4ccc(C(C)(C)C)cc4)c4cc(C(F)(F)F)cc2c43)cc1. The number of hydrogen-bond acceptors (Lipinski definition) is 2. The Hall–Kier alpha value is -4.45. The maximum atomic E-state index is 15.0. The Kier molecular flexibility index (Phi) is 7.45. The van der Waals surface area contributed by atoms with E-state index in [1.165, 1.54) is 28.8 Å². The van der Waals surface area contributed by atoms with Crippen LogP contribution in [0.1, 0.15) is 84.6 Å². The van der Waals surface area contributed by atoms with E-state index in [0.717, 1.165) is 39.1 Å². The van der Waals surface area contributed by atoms with Gasteiger partial charge in [0.25, 0.3) is 6.71 Å². The third kappa shape index (κ3) is 5.63. The number of nitrogens with zero attached hydrogens (tertiary/aromatic N) is 2. The van der Waals surface area contributed by atoms with Gasteiger partial charge in [-0.25, -0.2) is 0 Å². The molecule has 250 valence electrons. The largest absolute Gasteiger partial charge is 0.416 e. The molecule has 0 radical (unpaired) electrons. The molecule has 7 rings (SSSR count). The normalized spacial score (nSPS) is 14.4. The summed E-state index contributed by atoms with van der Waals surface area (Å²) in [6.07, 6.45) is -4.54. The summed E-state index contributed by atoms with van der Waals surface area (Å²) in [5, 5.41) is 0. The average Bonchev–Trinajstić information content (AvgIpc) is 3.02. The van der Waals surface area contributed by atoms with Crippen molar-refractivity contribution in [3.63, 3.8) is 0 Å². The summed E-state index contributed by atoms with van der Waals surface area (Å²) in [7, 11) is 0. The standard InChI is InChI=1S/C43H44BF3N2/c1-40(2,3)27-14-19-31(20-15-27)48-35-13-11-10-12-33(35)44-34-24-29(42(7,8)9)18-23-36(34)49(32-21-16-28(17-22-32)41(4,5)6)38-26-30(43(45,46)47)25-37(48)39(38)44/h10-26H,1-9H3. The highest BCUT2D eigenvalue weighted by Gasteiger charge is 2.45. The van der Waals surface area contributed by atoms with Crippen molar-refractivity contribution in [1.29, 1.82) is 0 Å². The molecule has 0 saturated carbocycles. The Balaban J connectivity index is 1.57. The van der Waals surface area contributed by atoms with E-state index in [0.29, 0.717) is 11.4 Å². The molecule has 0 spiro atoms. The Morgan fingerprint density at radius 2 is 0.857 bits per heavy atom. The van der Waals surface area contributed by atoms with Crippen molar-refractivity contribution in [2.24, 2.45) is 0 Å². The molecule has 0 amide bonds. The van der Waals surface area contributed by atoms with Crippen LogP contribution < -0.4 is 26.2 Å². The molecular formula is C43H44BF3N2. The number of anilines is 6. The van der Waals surface area contributed by atoms with Crippen molar-refractivity contribution in [1.82, 2.24) is 0 Å². The summed E-state index contributed by atoms with van der Waals surface area (Å²) < 4.78 is 44.9. The molecule has 2 aliphatic rings. The fourth-order valence-electron chi connectivity index (χ4n) is 7.36. The minimum atomic E-state index is -4.54. The first-order chi connectivity index (χ1) is 22.8. The lowest BCUT2D eigenvalue weighted by Crippen LogP contribution is -2.61. The highest BCUT2D eigenvalue weighted by molar-refractivity contribution is 7.00. The van der Waals surface area contributed by atoms with Gasteiger partial charge in [0.15, 0.2) is 0 Å². The van der Waals surface area contributed by atoms with Gasteiger partial charge < -0.3 is 9.80 Å². The number of rotatable bonds is 2. The number of benzene rings is 5. The molecule has 0 aliphatic carbocycles. The average molecular weight is 657 g/mol. The first-order valence-corrected chi connectivity index (χ1v) is 17.1. The van der Waals surface area contributed by atoms with Crippen LogP contribution >= 0.6 is 0 Å². The monoisotopic (exact) mass is 656 g/mol. The zero-order chi connectivity index (χ0) is 35.3. The summed E-state index contributed by atoms with van der Waals surface area (Å²) in [6, 6.07) is 34.0. The molecule has 2 aliphatic heterocycles. The van der Waals surface area contributed by atoms with Crippen LogP contribution in [0.3, 0.4) is 0 Å². The van der Waals surface area contributed by atoms with Crippen LogP contribution in [0, 0.1) is 0 Å². The number of para-hydroxylation sites is 1. The van der Waals surface area contributed by atoms with Gasteiger partial charge in [0.2, 0.25) is 0 Å². The van der Waals surface area contributed by atoms with Crippen LogP contribution in [0.5, 0.6) is 0 Å². The fourth-order valence-corrected chi connectivity index (χ4v) is 7.36. The highest BCUT2D eigenvalue weighted by atomic mass is 19.4. The molecule has 0 aromatic heterocycles. The molecule has 5 aromatic carbocycles. The second kappa shape index (κ2) is 11.0.